The van der Waals surface area contributed by atoms with E-state index in [1.165, 1.54) is 0 Å². The number of hydrogen-bond acceptors (Lipinski definition) is 2. The van der Waals surface area contributed by atoms with E-state index < -0.39 is 0 Å². The van der Waals surface area contributed by atoms with Crippen LogP contribution >= 0.6 is 0 Å². The predicted molar refractivity (Wildman–Crippen MR) is 48.7 cm³/mol. The minimum absolute atomic E-state index is 0.252. The highest BCUT2D eigenvalue weighted by molar-refractivity contribution is 5.37. The van der Waals surface area contributed by atoms with E-state index in [-0.39, 0.29) is 4.92 Å². The van der Waals surface area contributed by atoms with Gasteiger partial charge in [-0.15, -0.1) is 23.3 Å². The molecule has 3 nitrogen and oxygen atoms in total. The molecule has 0 spiro atoms. The van der Waals surface area contributed by atoms with Gasteiger partial charge < -0.3 is 0 Å². The van der Waals surface area contributed by atoms with Crippen LogP contribution in [0.2, 0.25) is 0 Å². The Kier molecular flexibility index (Phi) is 1.93. The van der Waals surface area contributed by atoms with Crippen LogP contribution in [0, 0.1) is 16.2 Å². The highest BCUT2D eigenvalue weighted by atomic mass is 16.6. The molecular weight excluding hydrogens is 166 g/mol. The molecule has 0 aromatic heterocycles. The van der Waals surface area contributed by atoms with Crippen molar-refractivity contribution in [3.8, 4) is 0 Å². The first-order valence-corrected chi connectivity index (χ1v) is 4.37. The molecule has 0 unspecified atom stereocenters. The largest absolute Gasteiger partial charge is 0.271 e. The van der Waals surface area contributed by atoms with E-state index in [9.17, 15) is 10.1 Å². The summed E-state index contributed by atoms with van der Waals surface area (Å²) >= 11 is 0. The van der Waals surface area contributed by atoms with Gasteiger partial charge in [-0.1, -0.05) is 18.9 Å². The zero-order valence-electron chi connectivity index (χ0n) is 7.19. The lowest BCUT2D eigenvalue weighted by Gasteiger charge is -2.26. The molecule has 13 heavy (non-hydrogen) atoms. The van der Waals surface area contributed by atoms with Gasteiger partial charge in [-0.05, 0) is 11.3 Å². The van der Waals surface area contributed by atoms with Crippen LogP contribution in [0.15, 0.2) is 24.3 Å². The third-order valence-corrected chi connectivity index (χ3v) is 2.41. The van der Waals surface area contributed by atoms with Gasteiger partial charge in [-0.2, -0.15) is 6.07 Å². The summed E-state index contributed by atoms with van der Waals surface area (Å²) in [4.78, 5) is 10.4. The van der Waals surface area contributed by atoms with Gasteiger partial charge in [0, 0.05) is 0 Å². The average molecular weight is 176 g/mol. The van der Waals surface area contributed by atoms with E-state index in [4.69, 9.17) is 0 Å². The van der Waals surface area contributed by atoms with Gasteiger partial charge in [0.2, 0.25) is 0 Å². The van der Waals surface area contributed by atoms with Gasteiger partial charge in [0.05, 0.1) is 0 Å². The van der Waals surface area contributed by atoms with Crippen LogP contribution in [-0.4, -0.2) is 4.92 Å². The lowest BCUT2D eigenvalue weighted by atomic mass is 9.88. The Labute approximate surface area is 76.5 Å². The zero-order chi connectivity index (χ0) is 9.26. The third kappa shape index (κ3) is 1.37. The first-order chi connectivity index (χ1) is 6.29. The van der Waals surface area contributed by atoms with Crippen molar-refractivity contribution in [2.24, 2.45) is 0 Å². The number of benzene rings is 1. The fraction of sp³-hybridized carbons (Fsp3) is 0.300. The van der Waals surface area contributed by atoms with Crippen LogP contribution < -0.4 is 0 Å². The first-order valence-electron chi connectivity index (χ1n) is 4.37. The number of fused-ring (bicyclic) bond motifs is 1. The van der Waals surface area contributed by atoms with E-state index in [2.05, 4.69) is 0 Å². The van der Waals surface area contributed by atoms with Crippen LogP contribution in [0.4, 0.5) is 0 Å². The lowest BCUT2D eigenvalue weighted by molar-refractivity contribution is -0.461. The first kappa shape index (κ1) is 8.10. The Balaban J connectivity index is 2.42. The molecule has 0 saturated carbocycles. The molecule has 0 N–H and O–H groups in total. The Bertz CT molecular complexity index is 335. The third-order valence-electron chi connectivity index (χ3n) is 2.41. The van der Waals surface area contributed by atoms with E-state index in [1.54, 1.807) is 0 Å². The van der Waals surface area contributed by atoms with E-state index in [1.807, 2.05) is 24.3 Å². The molecule has 0 fully saturated rings. The molecule has 0 saturated heterocycles. The summed E-state index contributed by atoms with van der Waals surface area (Å²) in [6, 6.07) is 7.97. The van der Waals surface area contributed by atoms with Crippen molar-refractivity contribution < 1.29 is 4.92 Å². The van der Waals surface area contributed by atoms with Crippen molar-refractivity contribution in [3.05, 3.63) is 51.5 Å². The highest BCUT2D eigenvalue weighted by Gasteiger charge is 2.20. The number of nitro groups is 1. The van der Waals surface area contributed by atoms with Crippen molar-refractivity contribution in [2.75, 3.05) is 0 Å². The summed E-state index contributed by atoms with van der Waals surface area (Å²) in [7, 11) is 0. The van der Waals surface area contributed by atoms with Crippen molar-refractivity contribution >= 4 is 0 Å². The van der Waals surface area contributed by atoms with Gasteiger partial charge in [-0.25, -0.2) is 0 Å². The second-order valence-electron chi connectivity index (χ2n) is 3.21. The summed E-state index contributed by atoms with van der Waals surface area (Å²) in [6.45, 7) is 0. The van der Waals surface area contributed by atoms with E-state index in [0.29, 0.717) is 12.5 Å². The number of aryl methyl sites for hydroxylation is 1. The van der Waals surface area contributed by atoms with Crippen LogP contribution in [0.25, 0.3) is 0 Å². The summed E-state index contributed by atoms with van der Waals surface area (Å²) in [5.74, 6) is 0. The molecule has 0 aliphatic heterocycles. The average Bonchev–Trinajstić information content (AvgIpc) is 2.17. The highest BCUT2D eigenvalue weighted by Crippen LogP contribution is 2.30. The summed E-state index contributed by atoms with van der Waals surface area (Å²) in [5.41, 5.74) is 1.94. The Hall–Kier alpha value is -1.51. The maximum absolute atomic E-state index is 10.7. The van der Waals surface area contributed by atoms with Crippen LogP contribution in [0.5, 0.6) is 0 Å². The normalized spacial score (nSPS) is 15.2. The van der Waals surface area contributed by atoms with Gasteiger partial charge in [-0.3, -0.25) is 10.1 Å². The topological polar surface area (TPSA) is 43.1 Å². The molecule has 2 rings (SSSR count). The molecule has 3 heteroatoms. The SMILES string of the molecule is O=[N+]([O-])[C-]1CCCc2ccccc21. The summed E-state index contributed by atoms with van der Waals surface area (Å²) in [5, 5.41) is 10.7. The molecule has 0 atom stereocenters. The van der Waals surface area contributed by atoms with Crippen LogP contribution in [0.3, 0.4) is 0 Å². The molecule has 0 bridgehead atoms. The number of nitrogens with zero attached hydrogens (tertiary/aromatic N) is 1. The molecule has 1 aliphatic rings. The molecule has 0 amide bonds. The van der Waals surface area contributed by atoms with Gasteiger partial charge in [0.25, 0.3) is 0 Å². The molecule has 0 radical (unpaired) electrons. The van der Waals surface area contributed by atoms with Crippen molar-refractivity contribution in [3.63, 3.8) is 0 Å². The number of rotatable bonds is 1. The predicted octanol–water partition coefficient (Wildman–Crippen LogP) is 2.18. The monoisotopic (exact) mass is 176 g/mol. The quantitative estimate of drug-likeness (QED) is 0.374. The Morgan fingerprint density at radius 1 is 1.38 bits per heavy atom. The van der Waals surface area contributed by atoms with Gasteiger partial charge in [0.1, 0.15) is 6.04 Å². The zero-order valence-corrected chi connectivity index (χ0v) is 7.19. The smallest absolute Gasteiger partial charge is 0.149 e. The second-order valence-corrected chi connectivity index (χ2v) is 3.21. The van der Waals surface area contributed by atoms with E-state index in [0.717, 1.165) is 24.0 Å². The maximum Gasteiger partial charge on any atom is 0.149 e. The Morgan fingerprint density at radius 3 is 2.92 bits per heavy atom. The minimum Gasteiger partial charge on any atom is -0.271 e. The summed E-state index contributed by atoms with van der Waals surface area (Å²) < 4.78 is 0. The molecule has 1 aliphatic carbocycles. The van der Waals surface area contributed by atoms with Gasteiger partial charge >= 0.3 is 0 Å². The number of hydrogen-bond donors (Lipinski definition) is 0. The minimum atomic E-state index is -0.252. The van der Waals surface area contributed by atoms with Crippen molar-refractivity contribution in [2.45, 2.75) is 19.3 Å². The van der Waals surface area contributed by atoms with Crippen molar-refractivity contribution in [1.29, 1.82) is 0 Å². The van der Waals surface area contributed by atoms with Crippen LogP contribution in [-0.2, 0) is 6.42 Å². The molecule has 0 heterocycles. The standard InChI is InChI=1S/C10H10NO2/c12-11(13)10-7-3-5-8-4-1-2-6-9(8)10/h1-2,4,6H,3,5,7H2/q-1. The lowest BCUT2D eigenvalue weighted by Crippen LogP contribution is -2.17. The molecule has 68 valence electrons. The van der Waals surface area contributed by atoms with Crippen molar-refractivity contribution in [1.82, 2.24) is 0 Å². The maximum atomic E-state index is 10.7. The molecule has 1 aromatic carbocycles. The molecular formula is C10H10NO2-. The van der Waals surface area contributed by atoms with Gasteiger partial charge in [0.15, 0.2) is 0 Å². The van der Waals surface area contributed by atoms with E-state index >= 15 is 0 Å². The molecule has 1 aromatic rings. The fourth-order valence-electron chi connectivity index (χ4n) is 1.79. The van der Waals surface area contributed by atoms with Crippen LogP contribution in [0.1, 0.15) is 24.0 Å². The Morgan fingerprint density at radius 2 is 2.15 bits per heavy atom. The second kappa shape index (κ2) is 3.09. The summed E-state index contributed by atoms with van der Waals surface area (Å²) in [6.07, 6.45) is 2.46. The fourth-order valence-corrected chi connectivity index (χ4v) is 1.79.